The number of halogens is 4. The molecule has 2 nitrogen and oxygen atoms in total. The lowest BCUT2D eigenvalue weighted by molar-refractivity contribution is -0.141. The predicted octanol–water partition coefficient (Wildman–Crippen LogP) is 3.92. The predicted molar refractivity (Wildman–Crippen MR) is 58.2 cm³/mol. The molecule has 6 heteroatoms. The minimum atomic E-state index is -4.59. The number of aryl methyl sites for hydroxylation is 1. The van der Waals surface area contributed by atoms with Crippen LogP contribution in [0.15, 0.2) is 18.2 Å². The van der Waals surface area contributed by atoms with Crippen molar-refractivity contribution in [3.8, 4) is 5.75 Å². The van der Waals surface area contributed by atoms with Gasteiger partial charge in [0.2, 0.25) is 0 Å². The summed E-state index contributed by atoms with van der Waals surface area (Å²) in [5.74, 6) is -0.518. The minimum Gasteiger partial charge on any atom is -0.507 e. The molecule has 1 aromatic carbocycles. The molecule has 2 rings (SSSR count). The average molecular weight is 262 g/mol. The van der Waals surface area contributed by atoms with Gasteiger partial charge >= 0.3 is 6.18 Å². The third kappa shape index (κ3) is 2.02. The van der Waals surface area contributed by atoms with Gasteiger partial charge in [-0.1, -0.05) is 17.7 Å². The summed E-state index contributed by atoms with van der Waals surface area (Å²) in [4.78, 5) is 3.44. The second kappa shape index (κ2) is 3.77. The van der Waals surface area contributed by atoms with Gasteiger partial charge in [-0.2, -0.15) is 13.2 Å². The van der Waals surface area contributed by atoms with Crippen molar-refractivity contribution in [2.24, 2.45) is 0 Å². The van der Waals surface area contributed by atoms with Gasteiger partial charge in [0.25, 0.3) is 0 Å². The van der Waals surface area contributed by atoms with Crippen molar-refractivity contribution in [3.63, 3.8) is 0 Å². The molecule has 0 amide bonds. The minimum absolute atomic E-state index is 0.0212. The van der Waals surface area contributed by atoms with Crippen LogP contribution in [-0.4, -0.2) is 10.1 Å². The molecule has 1 N–H and O–H groups in total. The lowest BCUT2D eigenvalue weighted by atomic mass is 10.1. The van der Waals surface area contributed by atoms with E-state index in [4.69, 9.17) is 11.6 Å². The Morgan fingerprint density at radius 1 is 1.29 bits per heavy atom. The molecule has 0 atom stereocenters. The Bertz CT molecular complexity index is 595. The smallest absolute Gasteiger partial charge is 0.433 e. The summed E-state index contributed by atoms with van der Waals surface area (Å²) in [5.41, 5.74) is -0.452. The zero-order valence-electron chi connectivity index (χ0n) is 8.64. The molecular formula is C11H7ClF3NO. The number of benzene rings is 1. The monoisotopic (exact) mass is 261 g/mol. The molecule has 0 fully saturated rings. The first-order valence-corrected chi connectivity index (χ1v) is 5.04. The Kier molecular flexibility index (Phi) is 2.66. The van der Waals surface area contributed by atoms with E-state index in [0.717, 1.165) is 0 Å². The maximum Gasteiger partial charge on any atom is 0.433 e. The molecule has 90 valence electrons. The van der Waals surface area contributed by atoms with E-state index in [1.165, 1.54) is 6.07 Å². The summed E-state index contributed by atoms with van der Waals surface area (Å²) in [7, 11) is 0. The fourth-order valence-electron chi connectivity index (χ4n) is 1.52. The number of fused-ring (bicyclic) bond motifs is 1. The number of pyridine rings is 1. The Morgan fingerprint density at radius 3 is 2.53 bits per heavy atom. The van der Waals surface area contributed by atoms with Gasteiger partial charge in [-0.25, -0.2) is 4.98 Å². The summed E-state index contributed by atoms with van der Waals surface area (Å²) in [6.45, 7) is 1.69. The number of aromatic nitrogens is 1. The average Bonchev–Trinajstić information content (AvgIpc) is 2.21. The van der Waals surface area contributed by atoms with E-state index in [9.17, 15) is 18.3 Å². The van der Waals surface area contributed by atoms with Gasteiger partial charge in [0.1, 0.15) is 11.4 Å². The first-order valence-electron chi connectivity index (χ1n) is 4.66. The number of aromatic hydroxyl groups is 1. The van der Waals surface area contributed by atoms with E-state index in [2.05, 4.69) is 4.98 Å². The Balaban J connectivity index is 2.82. The highest BCUT2D eigenvalue weighted by atomic mass is 35.5. The zero-order valence-corrected chi connectivity index (χ0v) is 9.39. The maximum atomic E-state index is 12.5. The molecule has 1 heterocycles. The fourth-order valence-corrected chi connectivity index (χ4v) is 1.77. The van der Waals surface area contributed by atoms with Crippen LogP contribution in [0.25, 0.3) is 10.9 Å². The molecule has 0 aliphatic rings. The van der Waals surface area contributed by atoms with Crippen molar-refractivity contribution in [2.45, 2.75) is 13.1 Å². The van der Waals surface area contributed by atoms with Gasteiger partial charge in [-0.3, -0.25) is 0 Å². The van der Waals surface area contributed by atoms with Crippen LogP contribution in [0.3, 0.4) is 0 Å². The topological polar surface area (TPSA) is 33.1 Å². The Hall–Kier alpha value is -1.49. The third-order valence-electron chi connectivity index (χ3n) is 2.37. The third-order valence-corrected chi connectivity index (χ3v) is 2.86. The van der Waals surface area contributed by atoms with Gasteiger partial charge in [0.05, 0.1) is 15.9 Å². The lowest BCUT2D eigenvalue weighted by Gasteiger charge is -2.10. The molecule has 0 radical (unpaired) electrons. The van der Waals surface area contributed by atoms with E-state index in [-0.39, 0.29) is 15.9 Å². The molecule has 1 aromatic heterocycles. The normalized spacial score (nSPS) is 12.1. The van der Waals surface area contributed by atoms with Crippen LogP contribution in [0, 0.1) is 6.92 Å². The molecule has 0 unspecified atom stereocenters. The van der Waals surface area contributed by atoms with Crippen LogP contribution in [0.4, 0.5) is 13.2 Å². The molecular weight excluding hydrogens is 255 g/mol. The van der Waals surface area contributed by atoms with Crippen molar-refractivity contribution in [2.75, 3.05) is 0 Å². The second-order valence-electron chi connectivity index (χ2n) is 3.61. The van der Waals surface area contributed by atoms with Crippen molar-refractivity contribution in [1.29, 1.82) is 0 Å². The Labute approximate surface area is 99.7 Å². The SMILES string of the molecule is Cc1ccc2nc(C(F)(F)F)cc(O)c2c1Cl. The molecule has 2 aromatic rings. The van der Waals surface area contributed by atoms with Gasteiger partial charge in [-0.15, -0.1) is 0 Å². The molecule has 0 aliphatic heterocycles. The first-order chi connectivity index (χ1) is 7.80. The lowest BCUT2D eigenvalue weighted by Crippen LogP contribution is -2.07. The highest BCUT2D eigenvalue weighted by Crippen LogP contribution is 2.37. The molecule has 0 aliphatic carbocycles. The quantitative estimate of drug-likeness (QED) is 0.780. The van der Waals surface area contributed by atoms with Crippen LogP contribution >= 0.6 is 11.6 Å². The van der Waals surface area contributed by atoms with E-state index in [1.807, 2.05) is 0 Å². The van der Waals surface area contributed by atoms with Crippen LogP contribution < -0.4 is 0 Å². The van der Waals surface area contributed by atoms with E-state index >= 15 is 0 Å². The van der Waals surface area contributed by atoms with Crippen LogP contribution in [-0.2, 0) is 6.18 Å². The van der Waals surface area contributed by atoms with Crippen LogP contribution in [0.2, 0.25) is 5.02 Å². The van der Waals surface area contributed by atoms with Gasteiger partial charge in [0, 0.05) is 6.07 Å². The molecule has 0 saturated heterocycles. The second-order valence-corrected chi connectivity index (χ2v) is 3.99. The van der Waals surface area contributed by atoms with Crippen molar-refractivity contribution < 1.29 is 18.3 Å². The molecule has 0 bridgehead atoms. The number of alkyl halides is 3. The highest BCUT2D eigenvalue weighted by Gasteiger charge is 2.33. The van der Waals surface area contributed by atoms with Crippen LogP contribution in [0.5, 0.6) is 5.75 Å². The van der Waals surface area contributed by atoms with E-state index in [1.54, 1.807) is 13.0 Å². The summed E-state index contributed by atoms with van der Waals surface area (Å²) >= 11 is 5.92. The molecule has 0 spiro atoms. The molecule has 0 saturated carbocycles. The largest absolute Gasteiger partial charge is 0.507 e. The van der Waals surface area contributed by atoms with Gasteiger partial charge in [-0.05, 0) is 18.6 Å². The van der Waals surface area contributed by atoms with Gasteiger partial charge < -0.3 is 5.11 Å². The Morgan fingerprint density at radius 2 is 1.94 bits per heavy atom. The highest BCUT2D eigenvalue weighted by molar-refractivity contribution is 6.36. The summed E-state index contributed by atoms with van der Waals surface area (Å²) in [5, 5.41) is 9.94. The van der Waals surface area contributed by atoms with Gasteiger partial charge in [0.15, 0.2) is 0 Å². The van der Waals surface area contributed by atoms with Crippen molar-refractivity contribution in [1.82, 2.24) is 4.98 Å². The summed E-state index contributed by atoms with van der Waals surface area (Å²) < 4.78 is 37.4. The van der Waals surface area contributed by atoms with Crippen molar-refractivity contribution >= 4 is 22.5 Å². The standard InChI is InChI=1S/C11H7ClF3NO/c1-5-2-3-6-9(10(5)12)7(17)4-8(16-6)11(13,14)15/h2-4H,1H3,(H,16,17). The summed E-state index contributed by atoms with van der Waals surface area (Å²) in [6, 6.07) is 3.52. The maximum absolute atomic E-state index is 12.5. The number of hydrogen-bond donors (Lipinski definition) is 1. The number of rotatable bonds is 0. The zero-order chi connectivity index (χ0) is 12.8. The van der Waals surface area contributed by atoms with Crippen LogP contribution in [0.1, 0.15) is 11.3 Å². The fraction of sp³-hybridized carbons (Fsp3) is 0.182. The summed E-state index contributed by atoms with van der Waals surface area (Å²) in [6.07, 6.45) is -4.59. The number of hydrogen-bond acceptors (Lipinski definition) is 2. The van der Waals surface area contributed by atoms with Crippen molar-refractivity contribution in [3.05, 3.63) is 34.5 Å². The number of nitrogens with zero attached hydrogens (tertiary/aromatic N) is 1. The van der Waals surface area contributed by atoms with E-state index in [0.29, 0.717) is 11.6 Å². The van der Waals surface area contributed by atoms with E-state index < -0.39 is 17.6 Å². The first kappa shape index (κ1) is 12.0. The molecule has 17 heavy (non-hydrogen) atoms.